The van der Waals surface area contributed by atoms with Gasteiger partial charge in [-0.2, -0.15) is 0 Å². The van der Waals surface area contributed by atoms with Gasteiger partial charge in [0.1, 0.15) is 11.5 Å². The van der Waals surface area contributed by atoms with Gasteiger partial charge in [-0.3, -0.25) is 4.90 Å². The zero-order valence-corrected chi connectivity index (χ0v) is 12.4. The van der Waals surface area contributed by atoms with Gasteiger partial charge in [-0.05, 0) is 18.6 Å². The summed E-state index contributed by atoms with van der Waals surface area (Å²) in [6, 6.07) is 2.59. The predicted octanol–water partition coefficient (Wildman–Crippen LogP) is 3.26. The highest BCUT2D eigenvalue weighted by Crippen LogP contribution is 2.16. The van der Waals surface area contributed by atoms with Gasteiger partial charge in [-0.1, -0.05) is 26.0 Å². The number of nitrogens with zero attached hydrogens (tertiary/aromatic N) is 1. The molecule has 0 aliphatic heterocycles. The van der Waals surface area contributed by atoms with E-state index in [1.165, 1.54) is 5.56 Å². The summed E-state index contributed by atoms with van der Waals surface area (Å²) >= 11 is 0. The maximum Gasteiger partial charge on any atom is 0.120 e. The summed E-state index contributed by atoms with van der Waals surface area (Å²) < 4.78 is 5.92. The van der Waals surface area contributed by atoms with Gasteiger partial charge in [0.2, 0.25) is 0 Å². The van der Waals surface area contributed by atoms with Crippen molar-refractivity contribution in [1.29, 1.82) is 0 Å². The van der Waals surface area contributed by atoms with E-state index in [0.717, 1.165) is 37.7 Å². The number of furan rings is 1. The van der Waals surface area contributed by atoms with Gasteiger partial charge in [-0.25, -0.2) is 0 Å². The molecular weight excluding hydrogens is 236 g/mol. The van der Waals surface area contributed by atoms with Gasteiger partial charge in [0.15, 0.2) is 0 Å². The van der Waals surface area contributed by atoms with Gasteiger partial charge in [0, 0.05) is 19.1 Å². The van der Waals surface area contributed by atoms with Gasteiger partial charge >= 0.3 is 0 Å². The standard InChI is InChI=1S/C16H26N2O/c1-6-8-18(9-7-2)12-15-10-14(5)16(19-15)11-17-13(3)4/h6-7,10,13,17H,1-2,8-9,11-12H2,3-5H3. The molecule has 0 spiro atoms. The third-order valence-electron chi connectivity index (χ3n) is 2.90. The largest absolute Gasteiger partial charge is 0.463 e. The van der Waals surface area contributed by atoms with Crippen LogP contribution in [0.4, 0.5) is 0 Å². The van der Waals surface area contributed by atoms with E-state index in [1.807, 2.05) is 12.2 Å². The van der Waals surface area contributed by atoms with Crippen LogP contribution in [0.1, 0.15) is 30.9 Å². The minimum atomic E-state index is 0.464. The van der Waals surface area contributed by atoms with Crippen molar-refractivity contribution in [3.8, 4) is 0 Å². The Hall–Kier alpha value is -1.32. The first-order valence-corrected chi connectivity index (χ1v) is 6.82. The van der Waals surface area contributed by atoms with Crippen LogP contribution in [-0.4, -0.2) is 24.0 Å². The molecule has 1 N–H and O–H groups in total. The summed E-state index contributed by atoms with van der Waals surface area (Å²) in [6.45, 7) is 17.2. The molecule has 3 heteroatoms. The minimum Gasteiger partial charge on any atom is -0.463 e. The molecule has 0 saturated carbocycles. The van der Waals surface area contributed by atoms with E-state index < -0.39 is 0 Å². The zero-order valence-electron chi connectivity index (χ0n) is 12.4. The average molecular weight is 262 g/mol. The molecule has 106 valence electrons. The van der Waals surface area contributed by atoms with E-state index in [1.54, 1.807) is 0 Å². The van der Waals surface area contributed by atoms with Crippen LogP contribution in [-0.2, 0) is 13.1 Å². The lowest BCUT2D eigenvalue weighted by molar-refractivity contribution is 0.288. The monoisotopic (exact) mass is 262 g/mol. The predicted molar refractivity (Wildman–Crippen MR) is 81.1 cm³/mol. The lowest BCUT2D eigenvalue weighted by atomic mass is 10.2. The summed E-state index contributed by atoms with van der Waals surface area (Å²) in [6.07, 6.45) is 3.81. The molecule has 3 nitrogen and oxygen atoms in total. The molecule has 0 aliphatic rings. The molecule has 0 fully saturated rings. The number of hydrogen-bond acceptors (Lipinski definition) is 3. The van der Waals surface area contributed by atoms with E-state index in [9.17, 15) is 0 Å². The SMILES string of the molecule is C=CCN(CC=C)Cc1cc(C)c(CNC(C)C)o1. The Morgan fingerprint density at radius 1 is 1.32 bits per heavy atom. The summed E-state index contributed by atoms with van der Waals surface area (Å²) in [5.41, 5.74) is 1.21. The van der Waals surface area contributed by atoms with Crippen molar-refractivity contribution in [3.05, 3.63) is 48.5 Å². The van der Waals surface area contributed by atoms with Crippen LogP contribution in [0.25, 0.3) is 0 Å². The quantitative estimate of drug-likeness (QED) is 0.692. The van der Waals surface area contributed by atoms with Crippen molar-refractivity contribution >= 4 is 0 Å². The Bertz CT molecular complexity index is 397. The minimum absolute atomic E-state index is 0.464. The smallest absolute Gasteiger partial charge is 0.120 e. The third kappa shape index (κ3) is 5.45. The van der Waals surface area contributed by atoms with Gasteiger partial charge < -0.3 is 9.73 Å². The van der Waals surface area contributed by atoms with E-state index in [2.05, 4.69) is 50.2 Å². The molecule has 0 atom stereocenters. The fourth-order valence-electron chi connectivity index (χ4n) is 1.93. The van der Waals surface area contributed by atoms with Gasteiger partial charge in [0.05, 0.1) is 13.1 Å². The van der Waals surface area contributed by atoms with Crippen molar-refractivity contribution in [2.45, 2.75) is 39.9 Å². The highest BCUT2D eigenvalue weighted by Gasteiger charge is 2.10. The van der Waals surface area contributed by atoms with Crippen molar-refractivity contribution in [1.82, 2.24) is 10.2 Å². The normalized spacial score (nSPS) is 11.2. The summed E-state index contributed by atoms with van der Waals surface area (Å²) in [5, 5.41) is 3.38. The molecule has 1 aromatic heterocycles. The Labute approximate surface area is 117 Å². The molecule has 0 aliphatic carbocycles. The Morgan fingerprint density at radius 3 is 2.47 bits per heavy atom. The number of nitrogens with one attached hydrogen (secondary N) is 1. The maximum atomic E-state index is 5.92. The Kier molecular flexibility index (Phi) is 6.60. The maximum absolute atomic E-state index is 5.92. The third-order valence-corrected chi connectivity index (χ3v) is 2.90. The first kappa shape index (κ1) is 15.7. The van der Waals surface area contributed by atoms with Crippen LogP contribution in [0.3, 0.4) is 0 Å². The van der Waals surface area contributed by atoms with E-state index in [4.69, 9.17) is 4.42 Å². The zero-order chi connectivity index (χ0) is 14.3. The molecule has 0 saturated heterocycles. The average Bonchev–Trinajstić information content (AvgIpc) is 2.67. The lowest BCUT2D eigenvalue weighted by Gasteiger charge is -2.16. The lowest BCUT2D eigenvalue weighted by Crippen LogP contribution is -2.23. The first-order valence-electron chi connectivity index (χ1n) is 6.82. The molecule has 0 amide bonds. The highest BCUT2D eigenvalue weighted by molar-refractivity contribution is 5.20. The van der Waals surface area contributed by atoms with Crippen LogP contribution in [0.15, 0.2) is 35.8 Å². The fraction of sp³-hybridized carbons (Fsp3) is 0.500. The van der Waals surface area contributed by atoms with Crippen molar-refractivity contribution < 1.29 is 4.42 Å². The summed E-state index contributed by atoms with van der Waals surface area (Å²) in [4.78, 5) is 2.23. The second-order valence-corrected chi connectivity index (χ2v) is 5.13. The molecule has 0 unspecified atom stereocenters. The van der Waals surface area contributed by atoms with Crippen LogP contribution >= 0.6 is 0 Å². The summed E-state index contributed by atoms with van der Waals surface area (Å²) in [7, 11) is 0. The molecule has 0 radical (unpaired) electrons. The Morgan fingerprint density at radius 2 is 1.95 bits per heavy atom. The van der Waals surface area contributed by atoms with Gasteiger partial charge in [0.25, 0.3) is 0 Å². The Balaban J connectivity index is 2.65. The molecule has 0 aromatic carbocycles. The van der Waals surface area contributed by atoms with Crippen LogP contribution in [0, 0.1) is 6.92 Å². The summed E-state index contributed by atoms with van der Waals surface area (Å²) in [5.74, 6) is 2.03. The van der Waals surface area contributed by atoms with Crippen LogP contribution in [0.5, 0.6) is 0 Å². The van der Waals surface area contributed by atoms with Crippen molar-refractivity contribution in [2.24, 2.45) is 0 Å². The first-order chi connectivity index (χ1) is 9.06. The van der Waals surface area contributed by atoms with E-state index in [0.29, 0.717) is 6.04 Å². The highest BCUT2D eigenvalue weighted by atomic mass is 16.3. The fourth-order valence-corrected chi connectivity index (χ4v) is 1.93. The van der Waals surface area contributed by atoms with E-state index in [-0.39, 0.29) is 0 Å². The molecule has 1 rings (SSSR count). The second-order valence-electron chi connectivity index (χ2n) is 5.13. The molecule has 1 heterocycles. The van der Waals surface area contributed by atoms with Crippen molar-refractivity contribution in [2.75, 3.05) is 13.1 Å². The molecule has 1 aromatic rings. The van der Waals surface area contributed by atoms with Crippen LogP contribution < -0.4 is 5.32 Å². The van der Waals surface area contributed by atoms with Crippen LogP contribution in [0.2, 0.25) is 0 Å². The molecular formula is C16H26N2O. The number of aryl methyl sites for hydroxylation is 1. The molecule has 0 bridgehead atoms. The van der Waals surface area contributed by atoms with Crippen molar-refractivity contribution in [3.63, 3.8) is 0 Å². The number of hydrogen-bond donors (Lipinski definition) is 1. The molecule has 19 heavy (non-hydrogen) atoms. The number of rotatable bonds is 9. The second kappa shape index (κ2) is 7.97. The van der Waals surface area contributed by atoms with Gasteiger partial charge in [-0.15, -0.1) is 13.2 Å². The van der Waals surface area contributed by atoms with E-state index >= 15 is 0 Å². The topological polar surface area (TPSA) is 28.4 Å².